The van der Waals surface area contributed by atoms with Gasteiger partial charge in [-0.2, -0.15) is 9.97 Å². The van der Waals surface area contributed by atoms with Gasteiger partial charge in [-0.25, -0.2) is 4.98 Å². The van der Waals surface area contributed by atoms with Crippen molar-refractivity contribution in [2.45, 2.75) is 13.8 Å². The highest BCUT2D eigenvalue weighted by molar-refractivity contribution is 6.23. The molecule has 0 aliphatic carbocycles. The second-order valence-corrected chi connectivity index (χ2v) is 13.5. The van der Waals surface area contributed by atoms with Gasteiger partial charge in [0.05, 0.1) is 22.1 Å². The molecule has 0 saturated heterocycles. The summed E-state index contributed by atoms with van der Waals surface area (Å²) < 4.78 is 4.67. The molecule has 10 rings (SSSR count). The number of para-hydroxylation sites is 1. The van der Waals surface area contributed by atoms with Crippen molar-refractivity contribution >= 4 is 43.6 Å². The van der Waals surface area contributed by atoms with E-state index in [0.29, 0.717) is 17.6 Å². The van der Waals surface area contributed by atoms with E-state index < -0.39 is 0 Å². The monoisotopic (exact) mass is 667 g/mol. The van der Waals surface area contributed by atoms with Gasteiger partial charge in [-0.3, -0.25) is 4.57 Å². The molecule has 5 heteroatoms. The van der Waals surface area contributed by atoms with Gasteiger partial charge in [-0.15, -0.1) is 0 Å². The van der Waals surface area contributed by atoms with Gasteiger partial charge < -0.3 is 4.57 Å². The molecule has 3 aromatic heterocycles. The van der Waals surface area contributed by atoms with Crippen molar-refractivity contribution in [1.29, 1.82) is 0 Å². The normalized spacial score (nSPS) is 11.7. The average molecular weight is 668 g/mol. The van der Waals surface area contributed by atoms with E-state index in [0.717, 1.165) is 60.8 Å². The number of aryl methyl sites for hydroxylation is 2. The van der Waals surface area contributed by atoms with Crippen LogP contribution < -0.4 is 0 Å². The molecular weight excluding hydrogens is 635 g/mol. The fraction of sp³-hybridized carbons (Fsp3) is 0.0426. The molecule has 5 nitrogen and oxygen atoms in total. The molecule has 0 N–H and O–H groups in total. The maximum absolute atomic E-state index is 5.39. The molecule has 0 radical (unpaired) electrons. The summed E-state index contributed by atoms with van der Waals surface area (Å²) in [4.78, 5) is 15.9. The van der Waals surface area contributed by atoms with Crippen LogP contribution in [0.5, 0.6) is 0 Å². The number of hydrogen-bond donors (Lipinski definition) is 0. The van der Waals surface area contributed by atoms with Crippen LogP contribution in [0.3, 0.4) is 0 Å². The Morgan fingerprint density at radius 2 is 0.885 bits per heavy atom. The second-order valence-electron chi connectivity index (χ2n) is 13.5. The van der Waals surface area contributed by atoms with Crippen molar-refractivity contribution in [3.63, 3.8) is 0 Å². The number of fused-ring (bicyclic) bond motifs is 7. The lowest BCUT2D eigenvalue weighted by Crippen LogP contribution is -2.07. The lowest BCUT2D eigenvalue weighted by atomic mass is 9.99. The molecule has 7 aromatic carbocycles. The van der Waals surface area contributed by atoms with Crippen LogP contribution in [-0.4, -0.2) is 24.1 Å². The first-order valence-electron chi connectivity index (χ1n) is 17.6. The van der Waals surface area contributed by atoms with Crippen molar-refractivity contribution in [3.8, 4) is 45.5 Å². The zero-order chi connectivity index (χ0) is 34.8. The van der Waals surface area contributed by atoms with Crippen molar-refractivity contribution < 1.29 is 0 Å². The standard InChI is InChI=1S/C47H33N5/c1-30-22-26-41-39(28-30)36-24-25-37-40-29-31(2)23-27-42(40)52(44(37)43(36)51(41)34-18-10-5-11-19-34)47-49-45(33-16-8-4-9-17-33)48-46(50-47)38-21-13-12-20-35(38)32-14-6-3-7-15-32/h3-29H,1-2H3. The van der Waals surface area contributed by atoms with Crippen LogP contribution >= 0.6 is 0 Å². The van der Waals surface area contributed by atoms with E-state index in [2.05, 4.69) is 163 Å². The summed E-state index contributed by atoms with van der Waals surface area (Å²) >= 11 is 0. The van der Waals surface area contributed by atoms with Gasteiger partial charge >= 0.3 is 0 Å². The molecule has 0 atom stereocenters. The zero-order valence-electron chi connectivity index (χ0n) is 28.8. The fourth-order valence-corrected chi connectivity index (χ4v) is 7.73. The Hall–Kier alpha value is -6.85. The smallest absolute Gasteiger partial charge is 0.238 e. The number of hydrogen-bond acceptors (Lipinski definition) is 3. The van der Waals surface area contributed by atoms with E-state index in [1.54, 1.807) is 0 Å². The molecule has 0 saturated carbocycles. The summed E-state index contributed by atoms with van der Waals surface area (Å²) in [6.45, 7) is 4.31. The highest BCUT2D eigenvalue weighted by atomic mass is 15.2. The van der Waals surface area contributed by atoms with Gasteiger partial charge in [0, 0.05) is 38.4 Å². The molecule has 0 amide bonds. The van der Waals surface area contributed by atoms with Crippen LogP contribution in [0.4, 0.5) is 0 Å². The van der Waals surface area contributed by atoms with Crippen molar-refractivity contribution in [2.24, 2.45) is 0 Å². The molecule has 10 aromatic rings. The molecule has 0 unspecified atom stereocenters. The quantitative estimate of drug-likeness (QED) is 0.184. The lowest BCUT2D eigenvalue weighted by molar-refractivity contribution is 0.953. The molecule has 246 valence electrons. The van der Waals surface area contributed by atoms with E-state index in [-0.39, 0.29) is 0 Å². The topological polar surface area (TPSA) is 48.5 Å². The van der Waals surface area contributed by atoms with E-state index in [4.69, 9.17) is 15.0 Å². The van der Waals surface area contributed by atoms with Crippen LogP contribution in [0.25, 0.3) is 89.2 Å². The van der Waals surface area contributed by atoms with E-state index in [1.165, 1.54) is 21.9 Å². The molecular formula is C47H33N5. The third-order valence-electron chi connectivity index (χ3n) is 10.1. The summed E-state index contributed by atoms with van der Waals surface area (Å²) in [5.41, 5.74) is 12.0. The predicted molar refractivity (Wildman–Crippen MR) is 214 cm³/mol. The average Bonchev–Trinajstić information content (AvgIpc) is 3.71. The molecule has 52 heavy (non-hydrogen) atoms. The Kier molecular flexibility index (Phi) is 6.86. The molecule has 0 fully saturated rings. The molecule has 3 heterocycles. The first-order chi connectivity index (χ1) is 25.6. The highest BCUT2D eigenvalue weighted by Gasteiger charge is 2.24. The Balaban J connectivity index is 1.38. The largest absolute Gasteiger partial charge is 0.307 e. The molecule has 0 spiro atoms. The van der Waals surface area contributed by atoms with Gasteiger partial charge in [0.1, 0.15) is 0 Å². The number of aromatic nitrogens is 5. The van der Waals surface area contributed by atoms with E-state index in [9.17, 15) is 0 Å². The Morgan fingerprint density at radius 3 is 1.52 bits per heavy atom. The Labute approximate surface area is 301 Å². The SMILES string of the molecule is Cc1ccc2c(c1)c1ccc3c4cc(C)ccc4n(-c4nc(-c5ccccc5)nc(-c5ccccc5-c5ccccc5)n4)c3c1n2-c1ccccc1. The van der Waals surface area contributed by atoms with Gasteiger partial charge in [0.15, 0.2) is 11.6 Å². The number of nitrogens with zero attached hydrogens (tertiary/aromatic N) is 5. The maximum Gasteiger partial charge on any atom is 0.238 e. The first-order valence-corrected chi connectivity index (χ1v) is 17.6. The zero-order valence-corrected chi connectivity index (χ0v) is 28.8. The van der Waals surface area contributed by atoms with Crippen LogP contribution in [0.1, 0.15) is 11.1 Å². The Morgan fingerprint density at radius 1 is 0.385 bits per heavy atom. The van der Waals surface area contributed by atoms with Gasteiger partial charge in [0.2, 0.25) is 5.95 Å². The van der Waals surface area contributed by atoms with Crippen molar-refractivity contribution in [2.75, 3.05) is 0 Å². The second kappa shape index (κ2) is 11.9. The minimum Gasteiger partial charge on any atom is -0.307 e. The maximum atomic E-state index is 5.39. The first kappa shape index (κ1) is 30.0. The van der Waals surface area contributed by atoms with Crippen molar-refractivity contribution in [3.05, 3.63) is 175 Å². The summed E-state index contributed by atoms with van der Waals surface area (Å²) in [5, 5.41) is 4.70. The van der Waals surface area contributed by atoms with Crippen LogP contribution in [0, 0.1) is 13.8 Å². The minimum atomic E-state index is 0.573. The van der Waals surface area contributed by atoms with Crippen molar-refractivity contribution in [1.82, 2.24) is 24.1 Å². The number of benzene rings is 7. The van der Waals surface area contributed by atoms with Gasteiger partial charge in [0.25, 0.3) is 0 Å². The van der Waals surface area contributed by atoms with E-state index >= 15 is 0 Å². The van der Waals surface area contributed by atoms with Gasteiger partial charge in [-0.05, 0) is 61.4 Å². The predicted octanol–water partition coefficient (Wildman–Crippen LogP) is 11.7. The third kappa shape index (κ3) is 4.74. The highest BCUT2D eigenvalue weighted by Crippen LogP contribution is 2.42. The minimum absolute atomic E-state index is 0.573. The molecule has 0 aliphatic heterocycles. The van der Waals surface area contributed by atoms with Crippen LogP contribution in [0.2, 0.25) is 0 Å². The Bertz CT molecular complexity index is 2960. The molecule has 0 aliphatic rings. The van der Waals surface area contributed by atoms with Crippen LogP contribution in [0.15, 0.2) is 164 Å². The summed E-state index contributed by atoms with van der Waals surface area (Å²) in [6, 6.07) is 57.7. The van der Waals surface area contributed by atoms with Gasteiger partial charge in [-0.1, -0.05) is 139 Å². The summed E-state index contributed by atoms with van der Waals surface area (Å²) in [6.07, 6.45) is 0. The summed E-state index contributed by atoms with van der Waals surface area (Å²) in [7, 11) is 0. The lowest BCUT2D eigenvalue weighted by Gasteiger charge is -2.14. The summed E-state index contributed by atoms with van der Waals surface area (Å²) in [5.74, 6) is 1.82. The fourth-order valence-electron chi connectivity index (χ4n) is 7.73. The molecule has 0 bridgehead atoms. The third-order valence-corrected chi connectivity index (χ3v) is 10.1. The van der Waals surface area contributed by atoms with E-state index in [1.807, 2.05) is 24.3 Å². The van der Waals surface area contributed by atoms with Crippen LogP contribution in [-0.2, 0) is 0 Å². The number of rotatable bonds is 5.